The average molecular weight is 283 g/mol. The third kappa shape index (κ3) is 3.39. The van der Waals surface area contributed by atoms with Gasteiger partial charge in [0.2, 0.25) is 0 Å². The summed E-state index contributed by atoms with van der Waals surface area (Å²) in [5, 5.41) is 20.3. The molecule has 0 aliphatic heterocycles. The molecule has 0 spiro atoms. The first-order valence-electron chi connectivity index (χ1n) is 5.46. The molecule has 94 valence electrons. The van der Waals surface area contributed by atoms with E-state index >= 15 is 0 Å². The van der Waals surface area contributed by atoms with Gasteiger partial charge in [0.15, 0.2) is 0 Å². The summed E-state index contributed by atoms with van der Waals surface area (Å²) in [5.41, 5.74) is 1.61. The molecule has 2 nitrogen and oxygen atoms in total. The van der Waals surface area contributed by atoms with Gasteiger partial charge in [-0.15, -0.1) is 0 Å². The number of aromatic hydroxyl groups is 1. The van der Waals surface area contributed by atoms with Crippen LogP contribution in [0.1, 0.15) is 17.2 Å². The Labute approximate surface area is 115 Å². The molecule has 0 saturated carbocycles. The molecule has 0 heterocycles. The van der Waals surface area contributed by atoms with Gasteiger partial charge in [-0.25, -0.2) is 0 Å². The molecule has 4 heteroatoms. The number of phenolic OH excluding ortho intramolecular Hbond substituents is 1. The maximum Gasteiger partial charge on any atom is 0.115 e. The van der Waals surface area contributed by atoms with Gasteiger partial charge in [-0.1, -0.05) is 35.3 Å². The first-order valence-corrected chi connectivity index (χ1v) is 6.22. The minimum Gasteiger partial charge on any atom is -0.508 e. The lowest BCUT2D eigenvalue weighted by Crippen LogP contribution is -2.01. The zero-order valence-electron chi connectivity index (χ0n) is 9.48. The molecule has 2 N–H and O–H groups in total. The van der Waals surface area contributed by atoms with Crippen LogP contribution in [0, 0.1) is 0 Å². The number of rotatable bonds is 3. The van der Waals surface area contributed by atoms with E-state index in [2.05, 4.69) is 0 Å². The summed E-state index contributed by atoms with van der Waals surface area (Å²) in [5.74, 6) is 0.207. The predicted octanol–water partition coefficient (Wildman–Crippen LogP) is 3.98. The molecule has 0 amide bonds. The lowest BCUT2D eigenvalue weighted by molar-refractivity contribution is 0.178. The first kappa shape index (κ1) is 13.2. The van der Waals surface area contributed by atoms with Crippen LogP contribution in [0.15, 0.2) is 42.5 Å². The van der Waals surface area contributed by atoms with E-state index in [1.54, 1.807) is 42.5 Å². The highest BCUT2D eigenvalue weighted by Crippen LogP contribution is 2.26. The Morgan fingerprint density at radius 2 is 1.50 bits per heavy atom. The Balaban J connectivity index is 2.16. The fourth-order valence-corrected chi connectivity index (χ4v) is 2.28. The highest BCUT2D eigenvalue weighted by atomic mass is 35.5. The fourth-order valence-electron chi connectivity index (χ4n) is 1.74. The molecule has 0 radical (unpaired) electrons. The molecule has 2 aromatic carbocycles. The van der Waals surface area contributed by atoms with Crippen molar-refractivity contribution in [3.63, 3.8) is 0 Å². The van der Waals surface area contributed by atoms with Gasteiger partial charge in [0.05, 0.1) is 6.10 Å². The fraction of sp³-hybridized carbons (Fsp3) is 0.143. The van der Waals surface area contributed by atoms with Crippen molar-refractivity contribution in [2.75, 3.05) is 0 Å². The van der Waals surface area contributed by atoms with Gasteiger partial charge in [-0.05, 0) is 41.5 Å². The summed E-state index contributed by atoms with van der Waals surface area (Å²) in [6.45, 7) is 0. The second-order valence-corrected chi connectivity index (χ2v) is 4.96. The van der Waals surface area contributed by atoms with E-state index in [1.807, 2.05) is 0 Å². The molecule has 0 aromatic heterocycles. The molecule has 0 aliphatic carbocycles. The number of benzene rings is 2. The van der Waals surface area contributed by atoms with E-state index in [1.165, 1.54) is 0 Å². The third-order valence-electron chi connectivity index (χ3n) is 2.64. The zero-order chi connectivity index (χ0) is 13.1. The predicted molar refractivity (Wildman–Crippen MR) is 73.2 cm³/mol. The van der Waals surface area contributed by atoms with Gasteiger partial charge in [-0.2, -0.15) is 0 Å². The van der Waals surface area contributed by atoms with Crippen molar-refractivity contribution in [1.29, 1.82) is 0 Å². The van der Waals surface area contributed by atoms with Crippen molar-refractivity contribution in [2.24, 2.45) is 0 Å². The average Bonchev–Trinajstić information content (AvgIpc) is 2.31. The SMILES string of the molecule is Oc1ccc(CC(O)c2cc(Cl)cc(Cl)c2)cc1. The quantitative estimate of drug-likeness (QED) is 0.894. The molecule has 1 unspecified atom stereocenters. The Bertz CT molecular complexity index is 518. The van der Waals surface area contributed by atoms with Crippen LogP contribution >= 0.6 is 23.2 Å². The van der Waals surface area contributed by atoms with Gasteiger partial charge >= 0.3 is 0 Å². The summed E-state index contributed by atoms with van der Waals surface area (Å²) in [6, 6.07) is 11.7. The standard InChI is InChI=1S/C14H12Cl2O2/c15-11-6-10(7-12(16)8-11)14(18)5-9-1-3-13(17)4-2-9/h1-4,6-8,14,17-18H,5H2. The minimum atomic E-state index is -0.675. The third-order valence-corrected chi connectivity index (χ3v) is 3.07. The van der Waals surface area contributed by atoms with Crippen molar-refractivity contribution in [3.8, 4) is 5.75 Å². The van der Waals surface area contributed by atoms with Crippen molar-refractivity contribution >= 4 is 23.2 Å². The Morgan fingerprint density at radius 3 is 2.06 bits per heavy atom. The van der Waals surface area contributed by atoms with Crippen LogP contribution in [0.25, 0.3) is 0 Å². The normalized spacial score (nSPS) is 12.4. The number of phenols is 1. The van der Waals surface area contributed by atoms with E-state index in [0.29, 0.717) is 22.0 Å². The molecule has 18 heavy (non-hydrogen) atoms. The molecule has 1 atom stereocenters. The highest BCUT2D eigenvalue weighted by molar-refractivity contribution is 6.34. The van der Waals surface area contributed by atoms with Crippen molar-refractivity contribution in [2.45, 2.75) is 12.5 Å². The number of halogens is 2. The van der Waals surface area contributed by atoms with Gasteiger partial charge < -0.3 is 10.2 Å². The summed E-state index contributed by atoms with van der Waals surface area (Å²) >= 11 is 11.8. The van der Waals surface area contributed by atoms with Gasteiger partial charge in [0.25, 0.3) is 0 Å². The number of hydrogen-bond acceptors (Lipinski definition) is 2. The molecule has 0 saturated heterocycles. The van der Waals surface area contributed by atoms with Crippen LogP contribution in [0.4, 0.5) is 0 Å². The second-order valence-electron chi connectivity index (χ2n) is 4.09. The van der Waals surface area contributed by atoms with E-state index in [-0.39, 0.29) is 5.75 Å². The van der Waals surface area contributed by atoms with Crippen LogP contribution < -0.4 is 0 Å². The van der Waals surface area contributed by atoms with Crippen molar-refractivity contribution in [1.82, 2.24) is 0 Å². The van der Waals surface area contributed by atoms with Crippen LogP contribution in [0.2, 0.25) is 10.0 Å². The van der Waals surface area contributed by atoms with Crippen LogP contribution in [-0.4, -0.2) is 10.2 Å². The lowest BCUT2D eigenvalue weighted by atomic mass is 10.0. The Hall–Kier alpha value is -1.22. The molecule has 0 aliphatic rings. The number of aliphatic hydroxyl groups excluding tert-OH is 1. The lowest BCUT2D eigenvalue weighted by Gasteiger charge is -2.12. The van der Waals surface area contributed by atoms with Crippen LogP contribution in [0.5, 0.6) is 5.75 Å². The summed E-state index contributed by atoms with van der Waals surface area (Å²) < 4.78 is 0. The maximum absolute atomic E-state index is 10.1. The van der Waals surface area contributed by atoms with Crippen molar-refractivity contribution < 1.29 is 10.2 Å². The summed E-state index contributed by atoms with van der Waals surface area (Å²) in [7, 11) is 0. The van der Waals surface area contributed by atoms with Crippen LogP contribution in [-0.2, 0) is 6.42 Å². The molecular formula is C14H12Cl2O2. The Morgan fingerprint density at radius 1 is 0.944 bits per heavy atom. The smallest absolute Gasteiger partial charge is 0.115 e. The monoisotopic (exact) mass is 282 g/mol. The minimum absolute atomic E-state index is 0.207. The van der Waals surface area contributed by atoms with Gasteiger partial charge in [0, 0.05) is 16.5 Å². The maximum atomic E-state index is 10.1. The molecule has 2 aromatic rings. The topological polar surface area (TPSA) is 40.5 Å². The second kappa shape index (κ2) is 5.61. The molecular weight excluding hydrogens is 271 g/mol. The van der Waals surface area contributed by atoms with E-state index in [9.17, 15) is 10.2 Å². The van der Waals surface area contributed by atoms with Crippen LogP contribution in [0.3, 0.4) is 0 Å². The Kier molecular flexibility index (Phi) is 4.12. The summed E-state index contributed by atoms with van der Waals surface area (Å²) in [6.07, 6.45) is -0.234. The van der Waals surface area contributed by atoms with E-state index < -0.39 is 6.10 Å². The van der Waals surface area contributed by atoms with Gasteiger partial charge in [0.1, 0.15) is 5.75 Å². The summed E-state index contributed by atoms with van der Waals surface area (Å²) in [4.78, 5) is 0. The van der Waals surface area contributed by atoms with E-state index in [4.69, 9.17) is 23.2 Å². The number of aliphatic hydroxyl groups is 1. The molecule has 0 fully saturated rings. The van der Waals surface area contributed by atoms with Crippen molar-refractivity contribution in [3.05, 3.63) is 63.6 Å². The number of hydrogen-bond donors (Lipinski definition) is 2. The molecule has 2 rings (SSSR count). The van der Waals surface area contributed by atoms with E-state index in [0.717, 1.165) is 5.56 Å². The first-order chi connectivity index (χ1) is 8.54. The zero-order valence-corrected chi connectivity index (χ0v) is 11.0. The largest absolute Gasteiger partial charge is 0.508 e. The van der Waals surface area contributed by atoms with Gasteiger partial charge in [-0.3, -0.25) is 0 Å². The highest BCUT2D eigenvalue weighted by Gasteiger charge is 2.10. The molecule has 0 bridgehead atoms.